The van der Waals surface area contributed by atoms with E-state index in [0.717, 1.165) is 31.7 Å². The van der Waals surface area contributed by atoms with Crippen LogP contribution in [0.4, 0.5) is 4.79 Å². The number of nitrogens with one attached hydrogen (secondary N) is 2. The van der Waals surface area contributed by atoms with E-state index in [1.807, 2.05) is 51.1 Å². The third-order valence-corrected chi connectivity index (χ3v) is 3.40. The molecule has 1 aromatic rings. The molecule has 0 radical (unpaired) electrons. The maximum atomic E-state index is 12.0. The van der Waals surface area contributed by atoms with Gasteiger partial charge in [0.15, 0.2) is 0 Å². The maximum absolute atomic E-state index is 12.0. The minimum Gasteiger partial charge on any atom is -0.444 e. The number of carbonyl (C=O) groups excluding carboxylic acids is 1. The summed E-state index contributed by atoms with van der Waals surface area (Å²) in [6, 6.07) is 10.3. The zero-order chi connectivity index (χ0) is 16.0. The summed E-state index contributed by atoms with van der Waals surface area (Å²) in [5.74, 6) is 0. The summed E-state index contributed by atoms with van der Waals surface area (Å²) < 4.78 is 10.5. The Bertz CT molecular complexity index is 467. The molecule has 1 aliphatic heterocycles. The van der Waals surface area contributed by atoms with Gasteiger partial charge in [0.05, 0.1) is 25.3 Å². The molecule has 1 unspecified atom stereocenters. The molecule has 1 aliphatic rings. The fourth-order valence-electron chi connectivity index (χ4n) is 2.24. The molecule has 2 N–H and O–H groups in total. The molecule has 1 amide bonds. The van der Waals surface area contributed by atoms with Crippen LogP contribution in [0.25, 0.3) is 0 Å². The highest BCUT2D eigenvalue weighted by molar-refractivity contribution is 5.68. The smallest absolute Gasteiger partial charge is 0.408 e. The lowest BCUT2D eigenvalue weighted by Crippen LogP contribution is -2.47. The van der Waals surface area contributed by atoms with Gasteiger partial charge in [-0.05, 0) is 39.3 Å². The molecular formula is C17H26N2O3. The molecule has 22 heavy (non-hydrogen) atoms. The van der Waals surface area contributed by atoms with Crippen LogP contribution < -0.4 is 10.6 Å². The van der Waals surface area contributed by atoms with E-state index in [1.165, 1.54) is 0 Å². The van der Waals surface area contributed by atoms with Gasteiger partial charge in [0.1, 0.15) is 5.60 Å². The zero-order valence-corrected chi connectivity index (χ0v) is 13.6. The number of hydrogen-bond acceptors (Lipinski definition) is 4. The van der Waals surface area contributed by atoms with E-state index in [9.17, 15) is 4.79 Å². The predicted octanol–water partition coefficient (Wildman–Crippen LogP) is 2.63. The van der Waals surface area contributed by atoms with Gasteiger partial charge in [0.25, 0.3) is 0 Å². The summed E-state index contributed by atoms with van der Waals surface area (Å²) in [7, 11) is 0. The third-order valence-electron chi connectivity index (χ3n) is 3.40. The Hall–Kier alpha value is -1.59. The zero-order valence-electron chi connectivity index (χ0n) is 13.6. The maximum Gasteiger partial charge on any atom is 0.408 e. The third kappa shape index (κ3) is 5.66. The van der Waals surface area contributed by atoms with Crippen LogP contribution in [0.3, 0.4) is 0 Å². The normalized spacial score (nSPS) is 16.7. The van der Waals surface area contributed by atoms with Gasteiger partial charge in [-0.2, -0.15) is 0 Å². The first-order valence-electron chi connectivity index (χ1n) is 7.79. The minimum absolute atomic E-state index is 0.0652. The lowest BCUT2D eigenvalue weighted by molar-refractivity contribution is -0.00527. The van der Waals surface area contributed by atoms with Crippen molar-refractivity contribution in [2.75, 3.05) is 19.8 Å². The van der Waals surface area contributed by atoms with Crippen LogP contribution in [0.15, 0.2) is 30.3 Å². The molecule has 0 aromatic heterocycles. The molecule has 1 fully saturated rings. The Morgan fingerprint density at radius 2 is 2.00 bits per heavy atom. The van der Waals surface area contributed by atoms with E-state index in [-0.39, 0.29) is 12.1 Å². The van der Waals surface area contributed by atoms with Crippen molar-refractivity contribution in [2.45, 2.75) is 44.9 Å². The van der Waals surface area contributed by atoms with Crippen LogP contribution in [0, 0.1) is 0 Å². The lowest BCUT2D eigenvalue weighted by atomic mass is 10.0. The van der Waals surface area contributed by atoms with Gasteiger partial charge in [-0.3, -0.25) is 0 Å². The van der Waals surface area contributed by atoms with Crippen molar-refractivity contribution in [3.05, 3.63) is 35.9 Å². The van der Waals surface area contributed by atoms with Gasteiger partial charge >= 0.3 is 6.09 Å². The average Bonchev–Trinajstić information content (AvgIpc) is 2.39. The van der Waals surface area contributed by atoms with Crippen molar-refractivity contribution in [3.63, 3.8) is 0 Å². The van der Waals surface area contributed by atoms with Crippen molar-refractivity contribution in [1.82, 2.24) is 10.6 Å². The highest BCUT2D eigenvalue weighted by atomic mass is 16.6. The Morgan fingerprint density at radius 3 is 2.55 bits per heavy atom. The Kier molecular flexibility index (Phi) is 5.80. The van der Waals surface area contributed by atoms with Gasteiger partial charge in [0.2, 0.25) is 0 Å². The molecule has 2 rings (SSSR count). The predicted molar refractivity (Wildman–Crippen MR) is 85.8 cm³/mol. The van der Waals surface area contributed by atoms with E-state index >= 15 is 0 Å². The summed E-state index contributed by atoms with van der Waals surface area (Å²) >= 11 is 0. The average molecular weight is 306 g/mol. The van der Waals surface area contributed by atoms with Crippen molar-refractivity contribution >= 4 is 6.09 Å². The first-order valence-corrected chi connectivity index (χ1v) is 7.79. The first kappa shape index (κ1) is 16.8. The molecule has 122 valence electrons. The fourth-order valence-corrected chi connectivity index (χ4v) is 2.24. The topological polar surface area (TPSA) is 59.6 Å². The highest BCUT2D eigenvalue weighted by Gasteiger charge is 2.22. The fraction of sp³-hybridized carbons (Fsp3) is 0.588. The second kappa shape index (κ2) is 7.61. The van der Waals surface area contributed by atoms with Gasteiger partial charge in [-0.25, -0.2) is 4.79 Å². The molecule has 0 aliphatic carbocycles. The standard InChI is InChI=1S/C17H26N2O3/c1-17(2,3)22-16(20)19-15(13-7-5-4-6-8-13)9-10-18-14-11-21-12-14/h4-8,14-15,18H,9-12H2,1-3H3,(H,19,20). The quantitative estimate of drug-likeness (QED) is 0.848. The summed E-state index contributed by atoms with van der Waals surface area (Å²) in [5.41, 5.74) is 0.590. The van der Waals surface area contributed by atoms with Crippen molar-refractivity contribution in [1.29, 1.82) is 0 Å². The van der Waals surface area contributed by atoms with E-state index in [2.05, 4.69) is 10.6 Å². The molecule has 1 atom stereocenters. The van der Waals surface area contributed by atoms with E-state index in [4.69, 9.17) is 9.47 Å². The molecule has 5 heteroatoms. The highest BCUT2D eigenvalue weighted by Crippen LogP contribution is 2.17. The molecule has 1 saturated heterocycles. The number of hydrogen-bond donors (Lipinski definition) is 2. The summed E-state index contributed by atoms with van der Waals surface area (Å²) in [4.78, 5) is 12.0. The van der Waals surface area contributed by atoms with Gasteiger partial charge in [-0.1, -0.05) is 30.3 Å². The number of rotatable bonds is 6. The molecule has 0 bridgehead atoms. The monoisotopic (exact) mass is 306 g/mol. The van der Waals surface area contributed by atoms with Crippen LogP contribution in [0.1, 0.15) is 38.8 Å². The van der Waals surface area contributed by atoms with Crippen LogP contribution in [-0.4, -0.2) is 37.5 Å². The van der Waals surface area contributed by atoms with Crippen molar-refractivity contribution in [2.24, 2.45) is 0 Å². The second-order valence-electron chi connectivity index (χ2n) is 6.59. The van der Waals surface area contributed by atoms with Crippen molar-refractivity contribution < 1.29 is 14.3 Å². The van der Waals surface area contributed by atoms with Crippen LogP contribution in [0.5, 0.6) is 0 Å². The first-order chi connectivity index (χ1) is 10.4. The number of carbonyl (C=O) groups is 1. The lowest BCUT2D eigenvalue weighted by Gasteiger charge is -2.28. The van der Waals surface area contributed by atoms with E-state index < -0.39 is 5.60 Å². The van der Waals surface area contributed by atoms with Crippen LogP contribution >= 0.6 is 0 Å². The Balaban J connectivity index is 1.90. The van der Waals surface area contributed by atoms with Crippen LogP contribution in [-0.2, 0) is 9.47 Å². The summed E-state index contributed by atoms with van der Waals surface area (Å²) in [5, 5.41) is 6.39. The molecule has 5 nitrogen and oxygen atoms in total. The Labute approximate surface area is 132 Å². The molecule has 1 heterocycles. The van der Waals surface area contributed by atoms with Gasteiger partial charge < -0.3 is 20.1 Å². The molecule has 0 saturated carbocycles. The van der Waals surface area contributed by atoms with Gasteiger partial charge in [-0.15, -0.1) is 0 Å². The summed E-state index contributed by atoms with van der Waals surface area (Å²) in [6.45, 7) is 7.96. The van der Waals surface area contributed by atoms with Gasteiger partial charge in [0, 0.05) is 0 Å². The van der Waals surface area contributed by atoms with E-state index in [1.54, 1.807) is 0 Å². The Morgan fingerprint density at radius 1 is 1.32 bits per heavy atom. The molecule has 0 spiro atoms. The van der Waals surface area contributed by atoms with Crippen molar-refractivity contribution in [3.8, 4) is 0 Å². The summed E-state index contributed by atoms with van der Waals surface area (Å²) in [6.07, 6.45) is 0.424. The number of alkyl carbamates (subject to hydrolysis) is 1. The SMILES string of the molecule is CC(C)(C)OC(=O)NC(CCNC1COC1)c1ccccc1. The van der Waals surface area contributed by atoms with Crippen LogP contribution in [0.2, 0.25) is 0 Å². The largest absolute Gasteiger partial charge is 0.444 e. The minimum atomic E-state index is -0.493. The number of amides is 1. The second-order valence-corrected chi connectivity index (χ2v) is 6.59. The number of ether oxygens (including phenoxy) is 2. The number of benzene rings is 1. The van der Waals surface area contributed by atoms with E-state index in [0.29, 0.717) is 6.04 Å². The molecule has 1 aromatic carbocycles. The molecular weight excluding hydrogens is 280 g/mol.